The standard InChI is InChI=1S/C20H28ClN3O3.ClH/c1-27-18-13-17(22)16(21)12-15(18)20(26)24-10-8-23(9-11-24)19(25)7-6-14-4-2-3-5-14;/h12-14H,2-11,22H2,1H3;1H. The summed E-state index contributed by atoms with van der Waals surface area (Å²) in [5, 5.41) is 0.333. The molecular formula is C20H29Cl2N3O3. The average molecular weight is 430 g/mol. The number of piperazine rings is 1. The van der Waals surface area contributed by atoms with Crippen molar-refractivity contribution in [3.05, 3.63) is 22.7 Å². The summed E-state index contributed by atoms with van der Waals surface area (Å²) in [6.07, 6.45) is 6.76. The summed E-state index contributed by atoms with van der Waals surface area (Å²) in [5.41, 5.74) is 6.57. The predicted molar refractivity (Wildman–Crippen MR) is 113 cm³/mol. The Morgan fingerprint density at radius 3 is 2.36 bits per heavy atom. The van der Waals surface area contributed by atoms with Crippen LogP contribution in [0.25, 0.3) is 0 Å². The number of hydrogen-bond acceptors (Lipinski definition) is 4. The van der Waals surface area contributed by atoms with Gasteiger partial charge < -0.3 is 20.3 Å². The minimum atomic E-state index is -0.146. The molecule has 3 rings (SSSR count). The number of halogens is 2. The lowest BCUT2D eigenvalue weighted by Crippen LogP contribution is -2.50. The third kappa shape index (κ3) is 5.23. The predicted octanol–water partition coefficient (Wildman–Crippen LogP) is 3.61. The zero-order valence-corrected chi connectivity index (χ0v) is 17.9. The smallest absolute Gasteiger partial charge is 0.257 e. The van der Waals surface area contributed by atoms with E-state index in [9.17, 15) is 9.59 Å². The van der Waals surface area contributed by atoms with E-state index in [4.69, 9.17) is 22.1 Å². The van der Waals surface area contributed by atoms with Crippen molar-refractivity contribution in [2.45, 2.75) is 38.5 Å². The maximum Gasteiger partial charge on any atom is 0.257 e. The second kappa shape index (κ2) is 10.2. The molecule has 1 aromatic carbocycles. The molecule has 156 valence electrons. The first-order valence-electron chi connectivity index (χ1n) is 9.69. The molecule has 6 nitrogen and oxygen atoms in total. The Morgan fingerprint density at radius 2 is 1.75 bits per heavy atom. The molecule has 0 bridgehead atoms. The van der Waals surface area contributed by atoms with Crippen LogP contribution in [-0.4, -0.2) is 54.9 Å². The third-order valence-corrected chi connectivity index (χ3v) is 6.04. The topological polar surface area (TPSA) is 75.9 Å². The molecule has 2 amide bonds. The summed E-state index contributed by atoms with van der Waals surface area (Å²) in [7, 11) is 1.50. The van der Waals surface area contributed by atoms with Crippen molar-refractivity contribution in [1.82, 2.24) is 9.80 Å². The molecule has 0 aromatic heterocycles. The molecule has 1 heterocycles. The first kappa shape index (κ1) is 22.6. The van der Waals surface area contributed by atoms with E-state index in [1.165, 1.54) is 32.8 Å². The Balaban J connectivity index is 0.00000280. The highest BCUT2D eigenvalue weighted by Gasteiger charge is 2.27. The summed E-state index contributed by atoms with van der Waals surface area (Å²) in [5.74, 6) is 1.20. The van der Waals surface area contributed by atoms with E-state index in [0.717, 1.165) is 12.3 Å². The summed E-state index contributed by atoms with van der Waals surface area (Å²) < 4.78 is 5.28. The maximum atomic E-state index is 12.9. The van der Waals surface area contributed by atoms with Gasteiger partial charge in [0, 0.05) is 38.7 Å². The number of carbonyl (C=O) groups is 2. The third-order valence-electron chi connectivity index (χ3n) is 5.71. The molecule has 2 aliphatic rings. The number of hydrogen-bond donors (Lipinski definition) is 1. The van der Waals surface area contributed by atoms with Gasteiger partial charge in [0.25, 0.3) is 5.91 Å². The lowest BCUT2D eigenvalue weighted by atomic mass is 10.0. The summed E-state index contributed by atoms with van der Waals surface area (Å²) in [6.45, 7) is 2.17. The van der Waals surface area contributed by atoms with Gasteiger partial charge in [-0.05, 0) is 18.4 Å². The minimum absolute atomic E-state index is 0. The Hall–Kier alpha value is -1.66. The van der Waals surface area contributed by atoms with Gasteiger partial charge in [-0.1, -0.05) is 37.3 Å². The molecule has 0 unspecified atom stereocenters. The highest BCUT2D eigenvalue weighted by molar-refractivity contribution is 6.33. The van der Waals surface area contributed by atoms with Gasteiger partial charge in [0.2, 0.25) is 5.91 Å². The molecule has 0 radical (unpaired) electrons. The lowest BCUT2D eigenvalue weighted by molar-refractivity contribution is -0.133. The van der Waals surface area contributed by atoms with Crippen LogP contribution < -0.4 is 10.5 Å². The summed E-state index contributed by atoms with van der Waals surface area (Å²) in [6, 6.07) is 3.12. The number of methoxy groups -OCH3 is 1. The van der Waals surface area contributed by atoms with Crippen LogP contribution in [0.4, 0.5) is 5.69 Å². The number of nitrogens with two attached hydrogens (primary N) is 1. The van der Waals surface area contributed by atoms with E-state index in [-0.39, 0.29) is 24.2 Å². The molecular weight excluding hydrogens is 401 g/mol. The minimum Gasteiger partial charge on any atom is -0.496 e. The molecule has 2 N–H and O–H groups in total. The van der Waals surface area contributed by atoms with E-state index in [0.29, 0.717) is 54.6 Å². The second-order valence-electron chi connectivity index (χ2n) is 7.44. The van der Waals surface area contributed by atoms with Crippen LogP contribution in [-0.2, 0) is 4.79 Å². The number of ether oxygens (including phenoxy) is 1. The summed E-state index contributed by atoms with van der Waals surface area (Å²) in [4.78, 5) is 28.9. The van der Waals surface area contributed by atoms with E-state index in [1.807, 2.05) is 4.90 Å². The molecule has 1 saturated heterocycles. The number of anilines is 1. The second-order valence-corrected chi connectivity index (χ2v) is 7.84. The maximum absolute atomic E-state index is 12.9. The Kier molecular flexibility index (Phi) is 8.25. The van der Waals surface area contributed by atoms with Crippen molar-refractivity contribution in [2.24, 2.45) is 5.92 Å². The lowest BCUT2D eigenvalue weighted by Gasteiger charge is -2.35. The molecule has 8 heteroatoms. The van der Waals surface area contributed by atoms with E-state index in [2.05, 4.69) is 0 Å². The van der Waals surface area contributed by atoms with Gasteiger partial charge in [-0.25, -0.2) is 0 Å². The monoisotopic (exact) mass is 429 g/mol. The molecule has 0 atom stereocenters. The fourth-order valence-electron chi connectivity index (χ4n) is 4.02. The highest BCUT2D eigenvalue weighted by atomic mass is 35.5. The number of nitrogen functional groups attached to an aromatic ring is 1. The van der Waals surface area contributed by atoms with E-state index in [1.54, 1.807) is 17.0 Å². The van der Waals surface area contributed by atoms with Gasteiger partial charge in [0.1, 0.15) is 5.75 Å². The Bertz CT molecular complexity index is 700. The van der Waals surface area contributed by atoms with Crippen molar-refractivity contribution >= 4 is 41.5 Å². The van der Waals surface area contributed by atoms with Crippen molar-refractivity contribution in [3.63, 3.8) is 0 Å². The number of nitrogens with zero attached hydrogens (tertiary/aromatic N) is 2. The van der Waals surface area contributed by atoms with Crippen molar-refractivity contribution < 1.29 is 14.3 Å². The van der Waals surface area contributed by atoms with Crippen LogP contribution in [0.15, 0.2) is 12.1 Å². The van der Waals surface area contributed by atoms with Crippen LogP contribution in [0.2, 0.25) is 5.02 Å². The Morgan fingerprint density at radius 1 is 1.14 bits per heavy atom. The first-order chi connectivity index (χ1) is 13.0. The quantitative estimate of drug-likeness (QED) is 0.725. The molecule has 2 fully saturated rings. The van der Waals surface area contributed by atoms with Crippen molar-refractivity contribution in [1.29, 1.82) is 0 Å². The average Bonchev–Trinajstić information content (AvgIpc) is 3.21. The number of amides is 2. The van der Waals surface area contributed by atoms with Crippen LogP contribution in [0.3, 0.4) is 0 Å². The first-order valence-corrected chi connectivity index (χ1v) is 10.1. The van der Waals surface area contributed by atoms with Gasteiger partial charge in [-0.15, -0.1) is 12.4 Å². The van der Waals surface area contributed by atoms with Crippen LogP contribution in [0.1, 0.15) is 48.9 Å². The SMILES string of the molecule is COc1cc(N)c(Cl)cc1C(=O)N1CCN(C(=O)CCC2CCCC2)CC1.Cl. The largest absolute Gasteiger partial charge is 0.496 e. The zero-order chi connectivity index (χ0) is 19.4. The fourth-order valence-corrected chi connectivity index (χ4v) is 4.18. The van der Waals surface area contributed by atoms with Crippen LogP contribution in [0.5, 0.6) is 5.75 Å². The van der Waals surface area contributed by atoms with Crippen molar-refractivity contribution in [3.8, 4) is 5.75 Å². The number of rotatable bonds is 5. The van der Waals surface area contributed by atoms with Gasteiger partial charge in [0.05, 0.1) is 23.4 Å². The molecule has 1 aliphatic heterocycles. The molecule has 0 spiro atoms. The molecule has 1 aliphatic carbocycles. The van der Waals surface area contributed by atoms with Crippen LogP contribution >= 0.6 is 24.0 Å². The summed E-state index contributed by atoms with van der Waals surface area (Å²) >= 11 is 6.07. The van der Waals surface area contributed by atoms with Crippen LogP contribution in [0, 0.1) is 5.92 Å². The van der Waals surface area contributed by atoms with Crippen molar-refractivity contribution in [2.75, 3.05) is 39.0 Å². The molecule has 1 aromatic rings. The van der Waals surface area contributed by atoms with Gasteiger partial charge in [-0.3, -0.25) is 9.59 Å². The molecule has 28 heavy (non-hydrogen) atoms. The van der Waals surface area contributed by atoms with E-state index >= 15 is 0 Å². The zero-order valence-electron chi connectivity index (χ0n) is 16.3. The molecule has 1 saturated carbocycles. The van der Waals surface area contributed by atoms with Gasteiger partial charge in [0.15, 0.2) is 0 Å². The fraction of sp³-hybridized carbons (Fsp3) is 0.600. The van der Waals surface area contributed by atoms with Gasteiger partial charge >= 0.3 is 0 Å². The van der Waals surface area contributed by atoms with E-state index < -0.39 is 0 Å². The number of benzene rings is 1. The van der Waals surface area contributed by atoms with Gasteiger partial charge in [-0.2, -0.15) is 0 Å². The normalized spacial score (nSPS) is 17.4. The highest BCUT2D eigenvalue weighted by Crippen LogP contribution is 2.30. The Labute approximate surface area is 177 Å². The number of carbonyl (C=O) groups excluding carboxylic acids is 2.